The molecule has 0 radical (unpaired) electrons. The lowest BCUT2D eigenvalue weighted by atomic mass is 10.0. The van der Waals surface area contributed by atoms with E-state index in [9.17, 15) is 4.79 Å². The predicted molar refractivity (Wildman–Crippen MR) is 136 cm³/mol. The minimum atomic E-state index is -0.0283. The standard InChI is InChI=1S/C28H35N3O3/c1-33-15-12-29-19-21-6-8-23-9-7-22(17-25(23)16-21)20-31-13-10-26(11-14-31)30-28(32)24-4-3-5-27(18-24)34-2/h3-9,16-18,26,29H,10-15,19-20H2,1-2H3,(H,30,32). The highest BCUT2D eigenvalue weighted by atomic mass is 16.5. The molecule has 3 aromatic carbocycles. The van der Waals surface area contributed by atoms with E-state index in [0.717, 1.165) is 52.2 Å². The van der Waals surface area contributed by atoms with E-state index in [1.165, 1.54) is 21.9 Å². The second-order valence-corrected chi connectivity index (χ2v) is 8.94. The van der Waals surface area contributed by atoms with Crippen LogP contribution in [0.3, 0.4) is 0 Å². The van der Waals surface area contributed by atoms with Crippen molar-refractivity contribution in [2.24, 2.45) is 0 Å². The molecule has 2 N–H and O–H groups in total. The Hall–Kier alpha value is -2.93. The number of hydrogen-bond donors (Lipinski definition) is 2. The highest BCUT2D eigenvalue weighted by Crippen LogP contribution is 2.21. The van der Waals surface area contributed by atoms with Crippen molar-refractivity contribution < 1.29 is 14.3 Å². The number of nitrogens with one attached hydrogen (secondary N) is 2. The Labute approximate surface area is 202 Å². The van der Waals surface area contributed by atoms with Gasteiger partial charge in [-0.3, -0.25) is 9.69 Å². The zero-order valence-electron chi connectivity index (χ0n) is 20.2. The van der Waals surface area contributed by atoms with Gasteiger partial charge in [0.2, 0.25) is 0 Å². The van der Waals surface area contributed by atoms with Crippen molar-refractivity contribution in [3.05, 3.63) is 77.4 Å². The third-order valence-corrected chi connectivity index (χ3v) is 6.44. The topological polar surface area (TPSA) is 62.8 Å². The number of nitrogens with zero attached hydrogens (tertiary/aromatic N) is 1. The fourth-order valence-corrected chi connectivity index (χ4v) is 4.49. The predicted octanol–water partition coefficient (Wildman–Crippen LogP) is 3.98. The van der Waals surface area contributed by atoms with Crippen molar-refractivity contribution in [3.8, 4) is 5.75 Å². The molecule has 1 saturated heterocycles. The smallest absolute Gasteiger partial charge is 0.251 e. The number of likely N-dealkylation sites (tertiary alicyclic amines) is 1. The second-order valence-electron chi connectivity index (χ2n) is 8.94. The van der Waals surface area contributed by atoms with E-state index >= 15 is 0 Å². The summed E-state index contributed by atoms with van der Waals surface area (Å²) in [6, 6.07) is 20.9. The van der Waals surface area contributed by atoms with Crippen LogP contribution in [0.1, 0.15) is 34.3 Å². The van der Waals surface area contributed by atoms with Crippen LogP contribution >= 0.6 is 0 Å². The van der Waals surface area contributed by atoms with Crippen LogP contribution in [-0.2, 0) is 17.8 Å². The zero-order chi connectivity index (χ0) is 23.8. The second kappa shape index (κ2) is 12.0. The fraction of sp³-hybridized carbons (Fsp3) is 0.393. The quantitative estimate of drug-likeness (QED) is 0.447. The molecule has 4 rings (SSSR count). The van der Waals surface area contributed by atoms with Gasteiger partial charge in [-0.25, -0.2) is 0 Å². The number of amides is 1. The maximum Gasteiger partial charge on any atom is 0.251 e. The lowest BCUT2D eigenvalue weighted by Gasteiger charge is -2.32. The van der Waals surface area contributed by atoms with Crippen molar-refractivity contribution in [2.45, 2.75) is 32.0 Å². The molecule has 0 bridgehead atoms. The normalized spacial score (nSPS) is 14.9. The van der Waals surface area contributed by atoms with Gasteiger partial charge in [-0.15, -0.1) is 0 Å². The van der Waals surface area contributed by atoms with E-state index in [-0.39, 0.29) is 11.9 Å². The molecule has 0 spiro atoms. The van der Waals surface area contributed by atoms with E-state index in [2.05, 4.69) is 51.9 Å². The van der Waals surface area contributed by atoms with Crippen molar-refractivity contribution in [3.63, 3.8) is 0 Å². The van der Waals surface area contributed by atoms with Crippen molar-refractivity contribution in [1.82, 2.24) is 15.5 Å². The van der Waals surface area contributed by atoms with Crippen LogP contribution < -0.4 is 15.4 Å². The molecule has 0 aliphatic carbocycles. The molecule has 34 heavy (non-hydrogen) atoms. The first-order valence-electron chi connectivity index (χ1n) is 12.0. The Balaban J connectivity index is 1.29. The van der Waals surface area contributed by atoms with Gasteiger partial charge < -0.3 is 20.1 Å². The summed E-state index contributed by atoms with van der Waals surface area (Å²) in [5.74, 6) is 0.673. The molecule has 180 valence electrons. The molecule has 0 aromatic heterocycles. The Morgan fingerprint density at radius 3 is 2.50 bits per heavy atom. The number of fused-ring (bicyclic) bond motifs is 1. The first kappa shape index (κ1) is 24.2. The number of carbonyl (C=O) groups is 1. The number of methoxy groups -OCH3 is 2. The van der Waals surface area contributed by atoms with Crippen LogP contribution in [0, 0.1) is 0 Å². The third-order valence-electron chi connectivity index (χ3n) is 6.44. The molecule has 1 fully saturated rings. The summed E-state index contributed by atoms with van der Waals surface area (Å²) >= 11 is 0. The molecular formula is C28H35N3O3. The zero-order valence-corrected chi connectivity index (χ0v) is 20.2. The van der Waals surface area contributed by atoms with Gasteiger partial charge >= 0.3 is 0 Å². The first-order valence-corrected chi connectivity index (χ1v) is 12.0. The number of carbonyl (C=O) groups excluding carboxylic acids is 1. The van der Waals surface area contributed by atoms with Crippen molar-refractivity contribution in [2.75, 3.05) is 40.5 Å². The molecule has 0 atom stereocenters. The van der Waals surface area contributed by atoms with E-state index in [1.54, 1.807) is 20.3 Å². The molecule has 1 aliphatic rings. The van der Waals surface area contributed by atoms with Gasteiger partial charge in [-0.1, -0.05) is 30.3 Å². The average molecular weight is 462 g/mol. The number of benzene rings is 3. The third kappa shape index (κ3) is 6.56. The Morgan fingerprint density at radius 2 is 1.74 bits per heavy atom. The summed E-state index contributed by atoms with van der Waals surface area (Å²) in [6.07, 6.45) is 1.92. The monoisotopic (exact) mass is 461 g/mol. The average Bonchev–Trinajstić information content (AvgIpc) is 2.87. The SMILES string of the molecule is COCCNCc1ccc2ccc(CN3CCC(NC(=O)c4cccc(OC)c4)CC3)cc2c1. The highest BCUT2D eigenvalue weighted by molar-refractivity contribution is 5.94. The van der Waals surface area contributed by atoms with Gasteiger partial charge in [0.25, 0.3) is 5.91 Å². The van der Waals surface area contributed by atoms with Crippen LogP contribution in [0.25, 0.3) is 10.8 Å². The fourth-order valence-electron chi connectivity index (χ4n) is 4.49. The molecular weight excluding hydrogens is 426 g/mol. The van der Waals surface area contributed by atoms with Crippen LogP contribution in [0.15, 0.2) is 60.7 Å². The Morgan fingerprint density at radius 1 is 0.971 bits per heavy atom. The summed E-state index contributed by atoms with van der Waals surface area (Å²) in [4.78, 5) is 15.1. The summed E-state index contributed by atoms with van der Waals surface area (Å²) in [6.45, 7) is 5.31. The lowest BCUT2D eigenvalue weighted by molar-refractivity contribution is 0.0908. The summed E-state index contributed by atoms with van der Waals surface area (Å²) < 4.78 is 10.3. The molecule has 0 saturated carbocycles. The number of rotatable bonds is 10. The maximum atomic E-state index is 12.6. The van der Waals surface area contributed by atoms with Crippen molar-refractivity contribution in [1.29, 1.82) is 0 Å². The summed E-state index contributed by atoms with van der Waals surface area (Å²) in [7, 11) is 3.34. The molecule has 6 heteroatoms. The molecule has 0 unspecified atom stereocenters. The molecule has 1 aliphatic heterocycles. The molecule has 3 aromatic rings. The van der Waals surface area contributed by atoms with Gasteiger partial charge in [-0.05, 0) is 65.1 Å². The minimum Gasteiger partial charge on any atom is -0.497 e. The largest absolute Gasteiger partial charge is 0.497 e. The molecule has 1 heterocycles. The minimum absolute atomic E-state index is 0.0283. The Kier molecular flexibility index (Phi) is 8.52. The van der Waals surface area contributed by atoms with Gasteiger partial charge in [0.15, 0.2) is 0 Å². The van der Waals surface area contributed by atoms with Crippen LogP contribution in [0.4, 0.5) is 0 Å². The van der Waals surface area contributed by atoms with Crippen LogP contribution in [-0.4, -0.2) is 57.3 Å². The van der Waals surface area contributed by atoms with Crippen LogP contribution in [0.2, 0.25) is 0 Å². The Bertz CT molecular complexity index is 1090. The van der Waals surface area contributed by atoms with E-state index < -0.39 is 0 Å². The number of hydrogen-bond acceptors (Lipinski definition) is 5. The van der Waals surface area contributed by atoms with Gasteiger partial charge in [0, 0.05) is 51.4 Å². The number of piperidine rings is 1. The maximum absolute atomic E-state index is 12.6. The van der Waals surface area contributed by atoms with Gasteiger partial charge in [0.1, 0.15) is 5.75 Å². The molecule has 1 amide bonds. The first-order chi connectivity index (χ1) is 16.6. The number of ether oxygens (including phenoxy) is 2. The van der Waals surface area contributed by atoms with Gasteiger partial charge in [0.05, 0.1) is 13.7 Å². The van der Waals surface area contributed by atoms with E-state index in [1.807, 2.05) is 18.2 Å². The molecule has 6 nitrogen and oxygen atoms in total. The summed E-state index contributed by atoms with van der Waals surface area (Å²) in [5, 5.41) is 9.15. The van der Waals surface area contributed by atoms with E-state index in [0.29, 0.717) is 11.3 Å². The van der Waals surface area contributed by atoms with Gasteiger partial charge in [-0.2, -0.15) is 0 Å². The summed E-state index contributed by atoms with van der Waals surface area (Å²) in [5.41, 5.74) is 3.26. The van der Waals surface area contributed by atoms with Crippen LogP contribution in [0.5, 0.6) is 5.75 Å². The lowest BCUT2D eigenvalue weighted by Crippen LogP contribution is -2.44. The highest BCUT2D eigenvalue weighted by Gasteiger charge is 2.21. The van der Waals surface area contributed by atoms with E-state index in [4.69, 9.17) is 9.47 Å². The van der Waals surface area contributed by atoms with Crippen molar-refractivity contribution >= 4 is 16.7 Å².